The lowest BCUT2D eigenvalue weighted by Gasteiger charge is -2.35. The Labute approximate surface area is 102 Å². The number of aromatic nitrogens is 2. The summed E-state index contributed by atoms with van der Waals surface area (Å²) in [5.74, 6) is 0. The molecule has 0 fully saturated rings. The van der Waals surface area contributed by atoms with Crippen LogP contribution in [0.5, 0.6) is 0 Å². The maximum absolute atomic E-state index is 4.12. The van der Waals surface area contributed by atoms with E-state index in [1.807, 2.05) is 6.20 Å². The van der Waals surface area contributed by atoms with E-state index in [9.17, 15) is 0 Å². The summed E-state index contributed by atoms with van der Waals surface area (Å²) in [6, 6.07) is 8.89. The first-order chi connectivity index (χ1) is 8.28. The van der Waals surface area contributed by atoms with Gasteiger partial charge in [-0.05, 0) is 42.2 Å². The van der Waals surface area contributed by atoms with Crippen LogP contribution in [0.25, 0.3) is 0 Å². The average molecular weight is 226 g/mol. The van der Waals surface area contributed by atoms with Crippen molar-refractivity contribution in [2.45, 2.75) is 38.0 Å². The van der Waals surface area contributed by atoms with Crippen LogP contribution in [0.15, 0.2) is 36.8 Å². The van der Waals surface area contributed by atoms with Gasteiger partial charge in [0.25, 0.3) is 0 Å². The van der Waals surface area contributed by atoms with Gasteiger partial charge in [-0.2, -0.15) is 0 Å². The van der Waals surface area contributed by atoms with Gasteiger partial charge in [-0.25, -0.2) is 4.98 Å². The van der Waals surface area contributed by atoms with Gasteiger partial charge in [-0.1, -0.05) is 31.2 Å². The van der Waals surface area contributed by atoms with Gasteiger partial charge in [0, 0.05) is 11.9 Å². The number of benzene rings is 1. The predicted molar refractivity (Wildman–Crippen MR) is 69.0 cm³/mol. The largest absolute Gasteiger partial charge is 0.348 e. The highest BCUT2D eigenvalue weighted by Gasteiger charge is 2.32. The molecule has 0 aliphatic heterocycles. The molecule has 2 nitrogen and oxygen atoms in total. The molecule has 17 heavy (non-hydrogen) atoms. The van der Waals surface area contributed by atoms with Crippen molar-refractivity contribution in [3.05, 3.63) is 53.6 Å². The molecule has 1 aliphatic carbocycles. The summed E-state index contributed by atoms with van der Waals surface area (Å²) in [4.78, 5) is 7.35. The number of nitrogens with zero attached hydrogens (tertiary/aromatic N) is 1. The number of hydrogen-bond donors (Lipinski definition) is 1. The minimum atomic E-state index is 0.265. The van der Waals surface area contributed by atoms with Gasteiger partial charge >= 0.3 is 0 Å². The molecule has 1 aliphatic rings. The average Bonchev–Trinajstić information content (AvgIpc) is 2.82. The summed E-state index contributed by atoms with van der Waals surface area (Å²) in [6.45, 7) is 2.38. The summed E-state index contributed by atoms with van der Waals surface area (Å²) in [6.07, 6.45) is 8.57. The third kappa shape index (κ3) is 1.88. The van der Waals surface area contributed by atoms with Crippen molar-refractivity contribution in [2.75, 3.05) is 0 Å². The smallest absolute Gasteiger partial charge is 0.0921 e. The normalized spacial score (nSPS) is 23.4. The fourth-order valence-electron chi connectivity index (χ4n) is 3.12. The molecule has 1 heterocycles. The van der Waals surface area contributed by atoms with E-state index >= 15 is 0 Å². The fraction of sp³-hybridized carbons (Fsp3) is 0.400. The highest BCUT2D eigenvalue weighted by molar-refractivity contribution is 5.37. The molecule has 0 saturated heterocycles. The first-order valence-corrected chi connectivity index (χ1v) is 6.34. The van der Waals surface area contributed by atoms with E-state index < -0.39 is 0 Å². The van der Waals surface area contributed by atoms with E-state index in [0.717, 1.165) is 6.42 Å². The summed E-state index contributed by atoms with van der Waals surface area (Å²) < 4.78 is 0. The van der Waals surface area contributed by atoms with E-state index in [-0.39, 0.29) is 5.41 Å². The van der Waals surface area contributed by atoms with Gasteiger partial charge in [-0.3, -0.25) is 0 Å². The first-order valence-electron chi connectivity index (χ1n) is 6.34. The monoisotopic (exact) mass is 226 g/mol. The van der Waals surface area contributed by atoms with Crippen LogP contribution >= 0.6 is 0 Å². The lowest BCUT2D eigenvalue weighted by Crippen LogP contribution is -2.30. The van der Waals surface area contributed by atoms with Crippen LogP contribution in [0.4, 0.5) is 0 Å². The SMILES string of the molecule is CC1(Cc2cnc[nH]2)CCCc2ccccc21. The number of imidazole rings is 1. The number of nitrogens with one attached hydrogen (secondary N) is 1. The maximum Gasteiger partial charge on any atom is 0.0921 e. The van der Waals surface area contributed by atoms with Crippen LogP contribution in [0, 0.1) is 0 Å². The Hall–Kier alpha value is -1.57. The van der Waals surface area contributed by atoms with Crippen molar-refractivity contribution in [2.24, 2.45) is 0 Å². The standard InChI is InChI=1S/C15H18N2/c1-15(9-13-10-16-11-17-13)8-4-6-12-5-2-3-7-14(12)15/h2-3,5,7,10-11H,4,6,8-9H2,1H3,(H,16,17). The van der Waals surface area contributed by atoms with Crippen LogP contribution < -0.4 is 0 Å². The Balaban J connectivity index is 1.98. The molecular weight excluding hydrogens is 208 g/mol. The Morgan fingerprint density at radius 1 is 1.35 bits per heavy atom. The zero-order valence-electron chi connectivity index (χ0n) is 10.2. The van der Waals surface area contributed by atoms with E-state index in [1.54, 1.807) is 6.33 Å². The molecule has 2 aromatic rings. The van der Waals surface area contributed by atoms with Crippen molar-refractivity contribution >= 4 is 0 Å². The molecule has 0 saturated carbocycles. The van der Waals surface area contributed by atoms with E-state index in [0.29, 0.717) is 0 Å². The first kappa shape index (κ1) is 10.6. The number of hydrogen-bond acceptors (Lipinski definition) is 1. The second-order valence-electron chi connectivity index (χ2n) is 5.32. The molecule has 0 bridgehead atoms. The van der Waals surface area contributed by atoms with Crippen LogP contribution in [-0.2, 0) is 18.3 Å². The maximum atomic E-state index is 4.12. The third-order valence-electron chi connectivity index (χ3n) is 3.98. The zero-order valence-corrected chi connectivity index (χ0v) is 10.2. The molecule has 3 rings (SSSR count). The molecule has 2 heteroatoms. The second-order valence-corrected chi connectivity index (χ2v) is 5.32. The van der Waals surface area contributed by atoms with Crippen molar-refractivity contribution in [3.63, 3.8) is 0 Å². The molecule has 1 aromatic carbocycles. The van der Waals surface area contributed by atoms with E-state index in [4.69, 9.17) is 0 Å². The van der Waals surface area contributed by atoms with Gasteiger partial charge in [0.05, 0.1) is 6.33 Å². The van der Waals surface area contributed by atoms with Gasteiger partial charge in [0.2, 0.25) is 0 Å². The Morgan fingerprint density at radius 3 is 3.06 bits per heavy atom. The summed E-state index contributed by atoms with van der Waals surface area (Å²) in [5, 5.41) is 0. The summed E-state index contributed by atoms with van der Waals surface area (Å²) in [5.41, 5.74) is 4.56. The second kappa shape index (κ2) is 4.02. The molecule has 0 amide bonds. The van der Waals surface area contributed by atoms with Gasteiger partial charge in [0.15, 0.2) is 0 Å². The van der Waals surface area contributed by atoms with Crippen molar-refractivity contribution in [3.8, 4) is 0 Å². The number of H-pyrrole nitrogens is 1. The Bertz CT molecular complexity index is 501. The Kier molecular flexibility index (Phi) is 2.50. The van der Waals surface area contributed by atoms with Crippen LogP contribution in [0.2, 0.25) is 0 Å². The number of fused-ring (bicyclic) bond motifs is 1. The quantitative estimate of drug-likeness (QED) is 0.836. The van der Waals surface area contributed by atoms with Crippen LogP contribution in [0.3, 0.4) is 0 Å². The molecule has 0 spiro atoms. The topological polar surface area (TPSA) is 28.7 Å². The number of aromatic amines is 1. The van der Waals surface area contributed by atoms with E-state index in [2.05, 4.69) is 41.2 Å². The van der Waals surface area contributed by atoms with Crippen molar-refractivity contribution < 1.29 is 0 Å². The molecular formula is C15H18N2. The van der Waals surface area contributed by atoms with Crippen LogP contribution in [-0.4, -0.2) is 9.97 Å². The fourth-order valence-corrected chi connectivity index (χ4v) is 3.12. The van der Waals surface area contributed by atoms with Gasteiger partial charge in [-0.15, -0.1) is 0 Å². The van der Waals surface area contributed by atoms with Gasteiger partial charge < -0.3 is 4.98 Å². The minimum Gasteiger partial charge on any atom is -0.348 e. The van der Waals surface area contributed by atoms with Crippen LogP contribution in [0.1, 0.15) is 36.6 Å². The highest BCUT2D eigenvalue weighted by atomic mass is 14.9. The number of rotatable bonds is 2. The third-order valence-corrected chi connectivity index (χ3v) is 3.98. The predicted octanol–water partition coefficient (Wildman–Crippen LogP) is 3.25. The summed E-state index contributed by atoms with van der Waals surface area (Å²) >= 11 is 0. The van der Waals surface area contributed by atoms with E-state index in [1.165, 1.54) is 36.1 Å². The molecule has 1 unspecified atom stereocenters. The number of aryl methyl sites for hydroxylation is 1. The Morgan fingerprint density at radius 2 is 2.24 bits per heavy atom. The van der Waals surface area contributed by atoms with Gasteiger partial charge in [0.1, 0.15) is 0 Å². The molecule has 88 valence electrons. The zero-order chi connectivity index (χ0) is 11.7. The van der Waals surface area contributed by atoms with Crippen molar-refractivity contribution in [1.82, 2.24) is 9.97 Å². The van der Waals surface area contributed by atoms with Crippen molar-refractivity contribution in [1.29, 1.82) is 0 Å². The molecule has 1 aromatic heterocycles. The summed E-state index contributed by atoms with van der Waals surface area (Å²) in [7, 11) is 0. The lowest BCUT2D eigenvalue weighted by atomic mass is 9.69. The molecule has 1 N–H and O–H groups in total. The molecule has 0 radical (unpaired) electrons. The minimum absolute atomic E-state index is 0.265. The lowest BCUT2D eigenvalue weighted by molar-refractivity contribution is 0.388. The highest BCUT2D eigenvalue weighted by Crippen LogP contribution is 2.39. The molecule has 1 atom stereocenters.